The maximum absolute atomic E-state index is 6.18. The van der Waals surface area contributed by atoms with Crippen LogP contribution in [0.5, 0.6) is 5.75 Å². The highest BCUT2D eigenvalue weighted by Crippen LogP contribution is 2.32. The molecule has 4 heteroatoms. The Bertz CT molecular complexity index is 600. The lowest BCUT2D eigenvalue weighted by Gasteiger charge is -2.29. The topological polar surface area (TPSA) is 57.4 Å². The van der Waals surface area contributed by atoms with Gasteiger partial charge in [-0.15, -0.1) is 0 Å². The molecule has 2 unspecified atom stereocenters. The first-order valence-corrected chi connectivity index (χ1v) is 7.09. The lowest BCUT2D eigenvalue weighted by molar-refractivity contribution is 0.0214. The molecule has 1 saturated carbocycles. The molecule has 106 valence electrons. The summed E-state index contributed by atoms with van der Waals surface area (Å²) in [7, 11) is 1.77. The van der Waals surface area contributed by atoms with Gasteiger partial charge in [0.05, 0.1) is 6.10 Å². The van der Waals surface area contributed by atoms with Crippen LogP contribution in [0.25, 0.3) is 10.8 Å². The van der Waals surface area contributed by atoms with Gasteiger partial charge in [-0.3, -0.25) is 4.98 Å². The molecule has 0 radical (unpaired) electrons. The number of fused-ring (bicyclic) bond motifs is 1. The van der Waals surface area contributed by atoms with Gasteiger partial charge < -0.3 is 15.2 Å². The van der Waals surface area contributed by atoms with Crippen molar-refractivity contribution >= 4 is 16.5 Å². The van der Waals surface area contributed by atoms with Crippen molar-refractivity contribution in [2.75, 3.05) is 12.8 Å². The monoisotopic (exact) mass is 272 g/mol. The first-order valence-electron chi connectivity index (χ1n) is 7.09. The van der Waals surface area contributed by atoms with Crippen LogP contribution in [0.2, 0.25) is 0 Å². The summed E-state index contributed by atoms with van der Waals surface area (Å²) in [5, 5.41) is 1.98. The summed E-state index contributed by atoms with van der Waals surface area (Å²) in [4.78, 5) is 4.18. The number of anilines is 1. The van der Waals surface area contributed by atoms with E-state index in [0.29, 0.717) is 6.10 Å². The molecule has 0 saturated heterocycles. The number of hydrogen-bond donors (Lipinski definition) is 1. The second kappa shape index (κ2) is 5.67. The summed E-state index contributed by atoms with van der Waals surface area (Å²) in [5.41, 5.74) is 6.76. The lowest BCUT2D eigenvalue weighted by Crippen LogP contribution is -2.29. The van der Waals surface area contributed by atoms with Gasteiger partial charge in [0.1, 0.15) is 11.9 Å². The molecule has 1 aromatic carbocycles. The predicted octanol–water partition coefficient (Wildman–Crippen LogP) is 3.15. The van der Waals surface area contributed by atoms with E-state index in [4.69, 9.17) is 15.2 Å². The van der Waals surface area contributed by atoms with Crippen LogP contribution in [0.4, 0.5) is 5.69 Å². The van der Waals surface area contributed by atoms with Crippen LogP contribution in [0, 0.1) is 0 Å². The molecule has 0 spiro atoms. The molecule has 2 N–H and O–H groups in total. The van der Waals surface area contributed by atoms with Crippen LogP contribution in [0.15, 0.2) is 30.6 Å². The first kappa shape index (κ1) is 13.2. The van der Waals surface area contributed by atoms with Gasteiger partial charge in [-0.05, 0) is 37.5 Å². The number of nitrogen functional groups attached to an aromatic ring is 1. The van der Waals surface area contributed by atoms with Gasteiger partial charge in [0, 0.05) is 42.4 Å². The molecule has 4 nitrogen and oxygen atoms in total. The summed E-state index contributed by atoms with van der Waals surface area (Å²) in [6, 6.07) is 5.76. The zero-order valence-electron chi connectivity index (χ0n) is 11.7. The van der Waals surface area contributed by atoms with Gasteiger partial charge in [-0.25, -0.2) is 0 Å². The number of hydrogen-bond acceptors (Lipinski definition) is 4. The van der Waals surface area contributed by atoms with Crippen molar-refractivity contribution in [2.45, 2.75) is 37.9 Å². The summed E-state index contributed by atoms with van der Waals surface area (Å²) in [5.74, 6) is 0.865. The second-order valence-corrected chi connectivity index (χ2v) is 5.34. The average Bonchev–Trinajstić information content (AvgIpc) is 2.51. The van der Waals surface area contributed by atoms with Crippen molar-refractivity contribution in [3.05, 3.63) is 30.6 Å². The van der Waals surface area contributed by atoms with Gasteiger partial charge in [-0.1, -0.05) is 0 Å². The van der Waals surface area contributed by atoms with Crippen LogP contribution in [-0.4, -0.2) is 24.3 Å². The molecule has 0 aliphatic heterocycles. The van der Waals surface area contributed by atoms with Crippen molar-refractivity contribution in [2.24, 2.45) is 0 Å². The van der Waals surface area contributed by atoms with E-state index in [2.05, 4.69) is 4.98 Å². The van der Waals surface area contributed by atoms with E-state index in [-0.39, 0.29) is 6.10 Å². The number of pyridine rings is 1. The minimum atomic E-state index is 0.209. The number of ether oxygens (including phenoxy) is 2. The minimum absolute atomic E-state index is 0.209. The average molecular weight is 272 g/mol. The van der Waals surface area contributed by atoms with Crippen LogP contribution in [0.1, 0.15) is 25.7 Å². The Balaban J connectivity index is 1.86. The van der Waals surface area contributed by atoms with Gasteiger partial charge in [0.2, 0.25) is 0 Å². The van der Waals surface area contributed by atoms with Crippen LogP contribution in [-0.2, 0) is 4.74 Å². The molecule has 1 aliphatic carbocycles. The molecular formula is C16H20N2O2. The molecule has 0 amide bonds. The summed E-state index contributed by atoms with van der Waals surface area (Å²) >= 11 is 0. The van der Waals surface area contributed by atoms with E-state index in [1.54, 1.807) is 13.3 Å². The van der Waals surface area contributed by atoms with E-state index in [9.17, 15) is 0 Å². The second-order valence-electron chi connectivity index (χ2n) is 5.34. The standard InChI is InChI=1S/C16H20N2O2/c1-19-11-3-2-4-12(9-11)20-16-6-5-15(17)13-7-8-18-10-14(13)16/h5-8,10-12H,2-4,9,17H2,1H3. The van der Waals surface area contributed by atoms with E-state index < -0.39 is 0 Å². The van der Waals surface area contributed by atoms with Gasteiger partial charge >= 0.3 is 0 Å². The van der Waals surface area contributed by atoms with Crippen molar-refractivity contribution < 1.29 is 9.47 Å². The maximum atomic E-state index is 6.18. The third kappa shape index (κ3) is 2.56. The first-order chi connectivity index (χ1) is 9.78. The third-order valence-electron chi connectivity index (χ3n) is 4.02. The Morgan fingerprint density at radius 3 is 2.85 bits per heavy atom. The summed E-state index contributed by atoms with van der Waals surface area (Å²) in [6.07, 6.45) is 8.39. The molecule has 20 heavy (non-hydrogen) atoms. The molecule has 1 aliphatic rings. The van der Waals surface area contributed by atoms with E-state index in [1.165, 1.54) is 0 Å². The SMILES string of the molecule is COC1CCCC(Oc2ccc(N)c3ccncc23)C1. The Hall–Kier alpha value is -1.81. The molecular weight excluding hydrogens is 252 g/mol. The Morgan fingerprint density at radius 2 is 2.00 bits per heavy atom. The van der Waals surface area contributed by atoms with Crippen molar-refractivity contribution in [1.82, 2.24) is 4.98 Å². The van der Waals surface area contributed by atoms with E-state index >= 15 is 0 Å². The molecule has 2 aromatic rings. The van der Waals surface area contributed by atoms with E-state index in [0.717, 1.165) is 47.9 Å². The van der Waals surface area contributed by atoms with Crippen LogP contribution >= 0.6 is 0 Å². The van der Waals surface area contributed by atoms with E-state index in [1.807, 2.05) is 24.4 Å². The fourth-order valence-electron chi connectivity index (χ4n) is 2.89. The molecule has 1 heterocycles. The highest BCUT2D eigenvalue weighted by molar-refractivity contribution is 5.96. The molecule has 0 bridgehead atoms. The van der Waals surface area contributed by atoms with Crippen LogP contribution < -0.4 is 10.5 Å². The Morgan fingerprint density at radius 1 is 1.15 bits per heavy atom. The Kier molecular flexibility index (Phi) is 3.74. The quantitative estimate of drug-likeness (QED) is 0.872. The highest BCUT2D eigenvalue weighted by atomic mass is 16.5. The lowest BCUT2D eigenvalue weighted by atomic mass is 9.95. The molecule has 1 aromatic heterocycles. The summed E-state index contributed by atoms with van der Waals surface area (Å²) < 4.78 is 11.6. The highest BCUT2D eigenvalue weighted by Gasteiger charge is 2.23. The fraction of sp³-hybridized carbons (Fsp3) is 0.438. The zero-order chi connectivity index (χ0) is 13.9. The van der Waals surface area contributed by atoms with Crippen molar-refractivity contribution in [3.63, 3.8) is 0 Å². The number of benzene rings is 1. The maximum Gasteiger partial charge on any atom is 0.129 e. The predicted molar refractivity (Wildman–Crippen MR) is 79.8 cm³/mol. The normalized spacial score (nSPS) is 22.9. The molecule has 2 atom stereocenters. The fourth-order valence-corrected chi connectivity index (χ4v) is 2.89. The van der Waals surface area contributed by atoms with Gasteiger partial charge in [0.25, 0.3) is 0 Å². The largest absolute Gasteiger partial charge is 0.490 e. The number of nitrogens with zero attached hydrogens (tertiary/aromatic N) is 1. The third-order valence-corrected chi connectivity index (χ3v) is 4.02. The van der Waals surface area contributed by atoms with Gasteiger partial charge in [-0.2, -0.15) is 0 Å². The smallest absolute Gasteiger partial charge is 0.129 e. The molecule has 3 rings (SSSR count). The van der Waals surface area contributed by atoms with Gasteiger partial charge in [0.15, 0.2) is 0 Å². The number of rotatable bonds is 3. The number of aromatic nitrogens is 1. The van der Waals surface area contributed by atoms with Crippen molar-refractivity contribution in [3.8, 4) is 5.75 Å². The number of nitrogens with two attached hydrogens (primary N) is 1. The minimum Gasteiger partial charge on any atom is -0.490 e. The molecule has 1 fully saturated rings. The number of methoxy groups -OCH3 is 1. The van der Waals surface area contributed by atoms with Crippen molar-refractivity contribution in [1.29, 1.82) is 0 Å². The van der Waals surface area contributed by atoms with Crippen LogP contribution in [0.3, 0.4) is 0 Å². The Labute approximate surface area is 118 Å². The summed E-state index contributed by atoms with van der Waals surface area (Å²) in [6.45, 7) is 0. The zero-order valence-corrected chi connectivity index (χ0v) is 11.7.